The van der Waals surface area contributed by atoms with Gasteiger partial charge in [0.15, 0.2) is 5.13 Å². The number of benzene rings is 1. The first-order chi connectivity index (χ1) is 8.96. The maximum absolute atomic E-state index is 12.1. The largest absolute Gasteiger partial charge is 0.399 e. The zero-order valence-corrected chi connectivity index (χ0v) is 12.4. The number of anilines is 2. The highest BCUT2D eigenvalue weighted by Gasteiger charge is 2.20. The molecule has 0 unspecified atom stereocenters. The van der Waals surface area contributed by atoms with Gasteiger partial charge in [-0.1, -0.05) is 25.2 Å². The third-order valence-corrected chi connectivity index (χ3v) is 5.38. The summed E-state index contributed by atoms with van der Waals surface area (Å²) < 4.78 is 28.8. The summed E-state index contributed by atoms with van der Waals surface area (Å²) in [7, 11) is -3.53. The van der Waals surface area contributed by atoms with Gasteiger partial charge < -0.3 is 5.73 Å². The Balaban J connectivity index is 2.31. The molecule has 104 valence electrons. The van der Waals surface area contributed by atoms with Gasteiger partial charge in [-0.3, -0.25) is 0 Å². The van der Waals surface area contributed by atoms with Gasteiger partial charge in [0.05, 0.1) is 10.2 Å². The van der Waals surface area contributed by atoms with Crippen LogP contribution in [0.5, 0.6) is 0 Å². The lowest BCUT2D eigenvalue weighted by Crippen LogP contribution is -2.35. The van der Waals surface area contributed by atoms with Crippen LogP contribution in [0.1, 0.15) is 13.8 Å². The molecular weight excluding hydrogens is 284 g/mol. The molecule has 3 N–H and O–H groups in total. The van der Waals surface area contributed by atoms with Gasteiger partial charge in [-0.05, 0) is 18.2 Å². The van der Waals surface area contributed by atoms with Crippen LogP contribution in [0.3, 0.4) is 0 Å². The van der Waals surface area contributed by atoms with E-state index in [4.69, 9.17) is 5.73 Å². The average Bonchev–Trinajstić information content (AvgIpc) is 2.70. The molecule has 0 fully saturated rings. The molecule has 2 aromatic rings. The van der Waals surface area contributed by atoms with Gasteiger partial charge in [-0.25, -0.2) is 9.71 Å². The molecule has 1 aromatic heterocycles. The van der Waals surface area contributed by atoms with Crippen molar-refractivity contribution >= 4 is 42.6 Å². The molecule has 0 aliphatic heterocycles. The van der Waals surface area contributed by atoms with E-state index in [2.05, 4.69) is 9.71 Å². The SMILES string of the molecule is CCN(CC)S(=O)(=O)Nc1nc2ccc(N)cc2s1. The quantitative estimate of drug-likeness (QED) is 0.825. The van der Waals surface area contributed by atoms with E-state index in [0.29, 0.717) is 23.9 Å². The summed E-state index contributed by atoms with van der Waals surface area (Å²) in [5.41, 5.74) is 7.05. The Bertz CT molecular complexity index is 677. The second kappa shape index (κ2) is 5.32. The Morgan fingerprint density at radius 3 is 2.68 bits per heavy atom. The third-order valence-electron chi connectivity index (χ3n) is 2.67. The van der Waals surface area contributed by atoms with Gasteiger partial charge in [-0.15, -0.1) is 0 Å². The second-order valence-corrected chi connectivity index (χ2v) is 6.64. The van der Waals surface area contributed by atoms with E-state index in [9.17, 15) is 8.42 Å². The van der Waals surface area contributed by atoms with E-state index in [1.165, 1.54) is 15.6 Å². The van der Waals surface area contributed by atoms with E-state index >= 15 is 0 Å². The van der Waals surface area contributed by atoms with Gasteiger partial charge in [-0.2, -0.15) is 12.7 Å². The molecule has 0 saturated heterocycles. The van der Waals surface area contributed by atoms with Crippen LogP contribution < -0.4 is 10.5 Å². The first-order valence-electron chi connectivity index (χ1n) is 5.90. The fourth-order valence-electron chi connectivity index (χ4n) is 1.72. The third kappa shape index (κ3) is 2.96. The lowest BCUT2D eigenvalue weighted by Gasteiger charge is -2.17. The van der Waals surface area contributed by atoms with E-state index in [-0.39, 0.29) is 0 Å². The van der Waals surface area contributed by atoms with Crippen molar-refractivity contribution in [2.24, 2.45) is 0 Å². The minimum absolute atomic E-state index is 0.354. The van der Waals surface area contributed by atoms with Gasteiger partial charge in [0.1, 0.15) is 0 Å². The number of nitrogens with zero attached hydrogens (tertiary/aromatic N) is 2. The van der Waals surface area contributed by atoms with Crippen LogP contribution >= 0.6 is 11.3 Å². The van der Waals surface area contributed by atoms with Crippen molar-refractivity contribution in [3.8, 4) is 0 Å². The van der Waals surface area contributed by atoms with Crippen LogP contribution in [0, 0.1) is 0 Å². The molecule has 0 saturated carbocycles. The van der Waals surface area contributed by atoms with Gasteiger partial charge in [0.2, 0.25) is 0 Å². The monoisotopic (exact) mass is 300 g/mol. The van der Waals surface area contributed by atoms with Crippen molar-refractivity contribution in [3.63, 3.8) is 0 Å². The number of thiazole rings is 1. The summed E-state index contributed by atoms with van der Waals surface area (Å²) in [4.78, 5) is 4.24. The number of hydrogen-bond donors (Lipinski definition) is 2. The minimum Gasteiger partial charge on any atom is -0.399 e. The van der Waals surface area contributed by atoms with Crippen molar-refractivity contribution in [3.05, 3.63) is 18.2 Å². The van der Waals surface area contributed by atoms with Crippen LogP contribution in [0.15, 0.2) is 18.2 Å². The maximum Gasteiger partial charge on any atom is 0.303 e. The molecular formula is C11H16N4O2S2. The highest BCUT2D eigenvalue weighted by atomic mass is 32.2. The van der Waals surface area contributed by atoms with E-state index in [0.717, 1.165) is 10.2 Å². The van der Waals surface area contributed by atoms with Crippen molar-refractivity contribution in [1.82, 2.24) is 9.29 Å². The smallest absolute Gasteiger partial charge is 0.303 e. The molecule has 0 amide bonds. The summed E-state index contributed by atoms with van der Waals surface area (Å²) >= 11 is 1.27. The van der Waals surface area contributed by atoms with E-state index < -0.39 is 10.2 Å². The highest BCUT2D eigenvalue weighted by Crippen LogP contribution is 2.28. The predicted octanol–water partition coefficient (Wildman–Crippen LogP) is 1.88. The molecule has 1 aromatic carbocycles. The molecule has 0 radical (unpaired) electrons. The van der Waals surface area contributed by atoms with Crippen molar-refractivity contribution in [2.45, 2.75) is 13.8 Å². The maximum atomic E-state index is 12.1. The number of fused-ring (bicyclic) bond motifs is 1. The first kappa shape index (κ1) is 14.0. The molecule has 19 heavy (non-hydrogen) atoms. The minimum atomic E-state index is -3.53. The van der Waals surface area contributed by atoms with Gasteiger partial charge in [0.25, 0.3) is 0 Å². The van der Waals surface area contributed by atoms with Crippen molar-refractivity contribution < 1.29 is 8.42 Å². The number of nitrogens with two attached hydrogens (primary N) is 1. The molecule has 6 nitrogen and oxygen atoms in total. The molecule has 0 aliphatic carbocycles. The lowest BCUT2D eigenvalue weighted by atomic mass is 10.3. The Morgan fingerprint density at radius 2 is 2.05 bits per heavy atom. The zero-order chi connectivity index (χ0) is 14.0. The predicted molar refractivity (Wildman–Crippen MR) is 79.5 cm³/mol. The van der Waals surface area contributed by atoms with Crippen LogP contribution in [0.2, 0.25) is 0 Å². The highest BCUT2D eigenvalue weighted by molar-refractivity contribution is 7.90. The normalized spacial score (nSPS) is 12.2. The van der Waals surface area contributed by atoms with Gasteiger partial charge in [0, 0.05) is 18.8 Å². The number of nitrogens with one attached hydrogen (secondary N) is 1. The van der Waals surface area contributed by atoms with Crippen LogP contribution in [-0.4, -0.2) is 30.8 Å². The number of nitrogen functional groups attached to an aromatic ring is 1. The van der Waals surface area contributed by atoms with E-state index in [1.54, 1.807) is 32.0 Å². The summed E-state index contributed by atoms with van der Waals surface area (Å²) in [6.45, 7) is 4.43. The fourth-order valence-corrected chi connectivity index (χ4v) is 4.05. The molecule has 0 aliphatic rings. The van der Waals surface area contributed by atoms with Crippen LogP contribution in [-0.2, 0) is 10.2 Å². The Morgan fingerprint density at radius 1 is 1.37 bits per heavy atom. The molecule has 8 heteroatoms. The molecule has 0 atom stereocenters. The molecule has 1 heterocycles. The van der Waals surface area contributed by atoms with Crippen LogP contribution in [0.4, 0.5) is 10.8 Å². The standard InChI is InChI=1S/C11H16N4O2S2/c1-3-15(4-2)19(16,17)14-11-13-9-6-5-8(12)7-10(9)18-11/h5-7H,3-4,12H2,1-2H3,(H,13,14). The van der Waals surface area contributed by atoms with Crippen molar-refractivity contribution in [2.75, 3.05) is 23.5 Å². The average molecular weight is 300 g/mol. The van der Waals surface area contributed by atoms with Crippen LogP contribution in [0.25, 0.3) is 10.2 Å². The summed E-state index contributed by atoms with van der Waals surface area (Å²) in [6.07, 6.45) is 0. The fraction of sp³-hybridized carbons (Fsp3) is 0.364. The summed E-state index contributed by atoms with van der Waals surface area (Å²) in [6, 6.07) is 5.29. The zero-order valence-electron chi connectivity index (χ0n) is 10.8. The van der Waals surface area contributed by atoms with Crippen molar-refractivity contribution in [1.29, 1.82) is 0 Å². The van der Waals surface area contributed by atoms with Gasteiger partial charge >= 0.3 is 10.2 Å². The second-order valence-electron chi connectivity index (χ2n) is 3.94. The first-order valence-corrected chi connectivity index (χ1v) is 8.16. The number of aromatic nitrogens is 1. The van der Waals surface area contributed by atoms with E-state index in [1.807, 2.05) is 0 Å². The Labute approximate surface area is 116 Å². The topological polar surface area (TPSA) is 88.3 Å². The molecule has 2 rings (SSSR count). The Hall–Kier alpha value is -1.38. The lowest BCUT2D eigenvalue weighted by molar-refractivity contribution is 0.449. The Kier molecular flexibility index (Phi) is 3.93. The summed E-state index contributed by atoms with van der Waals surface area (Å²) in [5.74, 6) is 0. The molecule has 0 spiro atoms. The summed E-state index contributed by atoms with van der Waals surface area (Å²) in [5, 5.41) is 0.354. The number of hydrogen-bond acceptors (Lipinski definition) is 5. The number of rotatable bonds is 5. The molecule has 0 bridgehead atoms.